The van der Waals surface area contributed by atoms with E-state index >= 15 is 0 Å². The van der Waals surface area contributed by atoms with Crippen molar-refractivity contribution in [2.45, 2.75) is 45.8 Å². The van der Waals surface area contributed by atoms with Gasteiger partial charge in [0.25, 0.3) is 0 Å². The summed E-state index contributed by atoms with van der Waals surface area (Å²) in [6, 6.07) is 0. The van der Waals surface area contributed by atoms with Crippen LogP contribution in [-0.2, 0) is 16.4 Å². The first kappa shape index (κ1) is 14.3. The number of rotatable bonds is 2. The van der Waals surface area contributed by atoms with Gasteiger partial charge in [0.05, 0.1) is 22.9 Å². The van der Waals surface area contributed by atoms with E-state index in [1.165, 1.54) is 0 Å². The first-order chi connectivity index (χ1) is 9.71. The van der Waals surface area contributed by atoms with E-state index in [-0.39, 0.29) is 0 Å². The Morgan fingerprint density at radius 2 is 1.76 bits per heavy atom. The number of nitrogens with zero attached hydrogens (tertiary/aromatic N) is 3. The van der Waals surface area contributed by atoms with Gasteiger partial charge in [0.2, 0.25) is 0 Å². The van der Waals surface area contributed by atoms with Crippen LogP contribution in [0.3, 0.4) is 0 Å². The lowest BCUT2D eigenvalue weighted by molar-refractivity contribution is 0.00578. The van der Waals surface area contributed by atoms with Gasteiger partial charge in [0.15, 0.2) is 0 Å². The largest absolute Gasteiger partial charge is 0.500 e. The minimum Gasteiger partial charge on any atom is -0.399 e. The molecule has 2 aromatic heterocycles. The third kappa shape index (κ3) is 2.20. The van der Waals surface area contributed by atoms with Gasteiger partial charge in [0.1, 0.15) is 11.5 Å². The summed E-state index contributed by atoms with van der Waals surface area (Å²) in [5.74, 6) is 0.701. The molecule has 6 nitrogen and oxygen atoms in total. The molecule has 2 aromatic rings. The van der Waals surface area contributed by atoms with Gasteiger partial charge in [0, 0.05) is 18.8 Å². The Bertz CT molecular complexity index is 659. The van der Waals surface area contributed by atoms with Crippen LogP contribution >= 0.6 is 0 Å². The van der Waals surface area contributed by atoms with Crippen LogP contribution in [0.4, 0.5) is 0 Å². The van der Waals surface area contributed by atoms with Crippen LogP contribution in [0.5, 0.6) is 0 Å². The number of aryl methyl sites for hydroxylation is 2. The highest BCUT2D eigenvalue weighted by Crippen LogP contribution is 2.37. The van der Waals surface area contributed by atoms with E-state index in [0.717, 1.165) is 16.7 Å². The summed E-state index contributed by atoms with van der Waals surface area (Å²) in [7, 11) is 1.38. The normalized spacial score (nSPS) is 20.2. The Hall–Kier alpha value is -1.60. The Labute approximate surface area is 124 Å². The van der Waals surface area contributed by atoms with Crippen molar-refractivity contribution in [3.63, 3.8) is 0 Å². The number of hydrogen-bond donors (Lipinski definition) is 0. The van der Waals surface area contributed by atoms with Crippen LogP contribution in [0.2, 0.25) is 0 Å². The van der Waals surface area contributed by atoms with Gasteiger partial charge >= 0.3 is 7.12 Å². The molecule has 1 fully saturated rings. The molecule has 112 valence electrons. The van der Waals surface area contributed by atoms with Crippen molar-refractivity contribution in [1.29, 1.82) is 0 Å². The van der Waals surface area contributed by atoms with Crippen molar-refractivity contribution < 1.29 is 13.8 Å². The number of hydrogen-bond acceptors (Lipinski definition) is 5. The monoisotopic (exact) mass is 289 g/mol. The molecule has 0 aliphatic carbocycles. The maximum absolute atomic E-state index is 6.11. The fourth-order valence-corrected chi connectivity index (χ4v) is 2.37. The van der Waals surface area contributed by atoms with Gasteiger partial charge in [-0.3, -0.25) is 4.68 Å². The summed E-state index contributed by atoms with van der Waals surface area (Å²) in [6.07, 6.45) is 3.65. The summed E-state index contributed by atoms with van der Waals surface area (Å²) in [6.45, 7) is 9.98. The third-order valence-electron chi connectivity index (χ3n) is 4.38. The molecule has 0 spiro atoms. The molecule has 0 unspecified atom stereocenters. The Morgan fingerprint density at radius 1 is 1.14 bits per heavy atom. The highest BCUT2D eigenvalue weighted by Gasteiger charge is 2.53. The average molecular weight is 289 g/mol. The lowest BCUT2D eigenvalue weighted by Crippen LogP contribution is -2.41. The third-order valence-corrected chi connectivity index (χ3v) is 4.38. The molecule has 0 radical (unpaired) electrons. The van der Waals surface area contributed by atoms with Crippen molar-refractivity contribution in [2.75, 3.05) is 0 Å². The molecule has 0 amide bonds. The highest BCUT2D eigenvalue weighted by molar-refractivity contribution is 6.64. The van der Waals surface area contributed by atoms with Gasteiger partial charge in [-0.2, -0.15) is 5.10 Å². The van der Waals surface area contributed by atoms with E-state index in [4.69, 9.17) is 13.8 Å². The van der Waals surface area contributed by atoms with Crippen LogP contribution in [0.15, 0.2) is 16.9 Å². The molecule has 21 heavy (non-hydrogen) atoms. The maximum atomic E-state index is 6.11. The zero-order valence-electron chi connectivity index (χ0n) is 13.3. The first-order valence-corrected chi connectivity index (χ1v) is 7.02. The van der Waals surface area contributed by atoms with Crippen molar-refractivity contribution in [1.82, 2.24) is 14.9 Å². The average Bonchev–Trinajstić information content (AvgIpc) is 2.98. The summed E-state index contributed by atoms with van der Waals surface area (Å²) < 4.78 is 19.3. The highest BCUT2D eigenvalue weighted by atomic mass is 16.7. The maximum Gasteiger partial charge on any atom is 0.500 e. The molecular weight excluding hydrogens is 269 g/mol. The summed E-state index contributed by atoms with van der Waals surface area (Å²) in [5, 5.41) is 8.33. The van der Waals surface area contributed by atoms with E-state index in [1.807, 2.05) is 47.9 Å². The molecule has 0 aromatic carbocycles. The second-order valence-corrected chi connectivity index (χ2v) is 6.49. The molecule has 7 heteroatoms. The van der Waals surface area contributed by atoms with Gasteiger partial charge in [-0.25, -0.2) is 0 Å². The second kappa shape index (κ2) is 4.45. The van der Waals surface area contributed by atoms with E-state index in [2.05, 4.69) is 10.3 Å². The molecular formula is C14H20BN3O3. The minimum atomic E-state index is -0.489. The molecule has 0 bridgehead atoms. The van der Waals surface area contributed by atoms with E-state index < -0.39 is 18.3 Å². The zero-order valence-corrected chi connectivity index (χ0v) is 13.3. The van der Waals surface area contributed by atoms with Gasteiger partial charge in [-0.1, -0.05) is 5.16 Å². The SMILES string of the molecule is Cc1onc(-c2cnn(C)c2)c1B1OC(C)(C)C(C)(C)O1. The van der Waals surface area contributed by atoms with E-state index in [9.17, 15) is 0 Å². The standard InChI is InChI=1S/C14H20BN3O3/c1-9-11(15-20-13(2,3)14(4,5)21-15)12(17-19-9)10-7-16-18(6)8-10/h7-8H,1-6H3. The van der Waals surface area contributed by atoms with Crippen molar-refractivity contribution in [3.05, 3.63) is 18.2 Å². The molecule has 0 atom stereocenters. The lowest BCUT2D eigenvalue weighted by Gasteiger charge is -2.32. The van der Waals surface area contributed by atoms with Gasteiger partial charge in [-0.05, 0) is 34.6 Å². The summed E-state index contributed by atoms with van der Waals surface area (Å²) >= 11 is 0. The quantitative estimate of drug-likeness (QED) is 0.787. The van der Waals surface area contributed by atoms with Crippen LogP contribution in [-0.4, -0.2) is 33.3 Å². The topological polar surface area (TPSA) is 62.3 Å². The molecule has 1 aliphatic rings. The second-order valence-electron chi connectivity index (χ2n) is 6.49. The van der Waals surface area contributed by atoms with Crippen LogP contribution in [0.1, 0.15) is 33.5 Å². The van der Waals surface area contributed by atoms with Gasteiger partial charge in [-0.15, -0.1) is 0 Å². The summed E-state index contributed by atoms with van der Waals surface area (Å²) in [4.78, 5) is 0. The first-order valence-electron chi connectivity index (χ1n) is 7.02. The van der Waals surface area contributed by atoms with Crippen LogP contribution in [0.25, 0.3) is 11.3 Å². The minimum absolute atomic E-state index is 0.395. The predicted molar refractivity (Wildman–Crippen MR) is 79.2 cm³/mol. The molecule has 1 saturated heterocycles. The fraction of sp³-hybridized carbons (Fsp3) is 0.571. The number of aromatic nitrogens is 3. The molecule has 3 heterocycles. The fourth-order valence-electron chi connectivity index (χ4n) is 2.37. The van der Waals surface area contributed by atoms with Crippen LogP contribution in [0, 0.1) is 6.92 Å². The van der Waals surface area contributed by atoms with Crippen molar-refractivity contribution >= 4 is 12.6 Å². The van der Waals surface area contributed by atoms with Crippen molar-refractivity contribution in [2.24, 2.45) is 7.05 Å². The van der Waals surface area contributed by atoms with Crippen LogP contribution < -0.4 is 5.46 Å². The summed E-state index contributed by atoms with van der Waals surface area (Å²) in [5.41, 5.74) is 1.65. The van der Waals surface area contributed by atoms with Crippen molar-refractivity contribution in [3.8, 4) is 11.3 Å². The Kier molecular flexibility index (Phi) is 3.04. The Balaban J connectivity index is 2.03. The smallest absolute Gasteiger partial charge is 0.399 e. The molecule has 3 rings (SSSR count). The molecule has 0 N–H and O–H groups in total. The van der Waals surface area contributed by atoms with Gasteiger partial charge < -0.3 is 13.8 Å². The molecule has 0 saturated carbocycles. The predicted octanol–water partition coefficient (Wildman–Crippen LogP) is 1.68. The zero-order chi connectivity index (χ0) is 15.4. The van der Waals surface area contributed by atoms with E-state index in [1.54, 1.807) is 10.9 Å². The molecule has 1 aliphatic heterocycles. The lowest BCUT2D eigenvalue weighted by atomic mass is 9.76. The van der Waals surface area contributed by atoms with E-state index in [0.29, 0.717) is 5.76 Å². The Morgan fingerprint density at radius 3 is 2.29 bits per heavy atom.